The number of nitrogens with one attached hydrogen (secondary N) is 1. The lowest BCUT2D eigenvalue weighted by molar-refractivity contribution is 0.390. The maximum Gasteiger partial charge on any atom is 0.182 e. The SMILES string of the molecule is CCCNC(CS(=O)(=O)c1ccccc1F)C(C)CC. The molecule has 0 aliphatic heterocycles. The fourth-order valence-electron chi connectivity index (χ4n) is 2.06. The van der Waals surface area contributed by atoms with E-state index in [4.69, 9.17) is 0 Å². The Kier molecular flexibility index (Phi) is 6.62. The van der Waals surface area contributed by atoms with Crippen molar-refractivity contribution in [2.75, 3.05) is 12.3 Å². The topological polar surface area (TPSA) is 46.2 Å². The van der Waals surface area contributed by atoms with Gasteiger partial charge < -0.3 is 5.32 Å². The average molecular weight is 301 g/mol. The van der Waals surface area contributed by atoms with Gasteiger partial charge in [0.2, 0.25) is 0 Å². The van der Waals surface area contributed by atoms with Crippen molar-refractivity contribution in [1.29, 1.82) is 0 Å². The Morgan fingerprint density at radius 2 is 1.90 bits per heavy atom. The summed E-state index contributed by atoms with van der Waals surface area (Å²) in [7, 11) is -3.61. The molecule has 5 heteroatoms. The summed E-state index contributed by atoms with van der Waals surface area (Å²) in [5.41, 5.74) is 0. The summed E-state index contributed by atoms with van der Waals surface area (Å²) in [4.78, 5) is -0.202. The predicted molar refractivity (Wildman–Crippen MR) is 80.0 cm³/mol. The molecule has 1 aromatic carbocycles. The first kappa shape index (κ1) is 17.1. The monoisotopic (exact) mass is 301 g/mol. The Bertz CT molecular complexity index is 516. The summed E-state index contributed by atoms with van der Waals surface area (Å²) in [5, 5.41) is 3.26. The zero-order chi connectivity index (χ0) is 15.2. The Balaban J connectivity index is 2.94. The molecule has 20 heavy (non-hydrogen) atoms. The van der Waals surface area contributed by atoms with E-state index in [1.165, 1.54) is 18.2 Å². The molecule has 0 aliphatic carbocycles. The van der Waals surface area contributed by atoms with E-state index in [9.17, 15) is 12.8 Å². The van der Waals surface area contributed by atoms with Crippen molar-refractivity contribution >= 4 is 9.84 Å². The van der Waals surface area contributed by atoms with Gasteiger partial charge >= 0.3 is 0 Å². The van der Waals surface area contributed by atoms with Crippen molar-refractivity contribution in [1.82, 2.24) is 5.32 Å². The Labute approximate surface area is 121 Å². The molecule has 0 fully saturated rings. The van der Waals surface area contributed by atoms with Gasteiger partial charge in [0, 0.05) is 6.04 Å². The van der Waals surface area contributed by atoms with Crippen LogP contribution in [-0.2, 0) is 9.84 Å². The standard InChI is InChI=1S/C15H24FNO2S/c1-4-10-17-14(12(3)5-2)11-20(18,19)15-9-7-6-8-13(15)16/h6-9,12,14,17H,4-5,10-11H2,1-3H3. The summed E-state index contributed by atoms with van der Waals surface area (Å²) < 4.78 is 38.4. The third-order valence-electron chi connectivity index (χ3n) is 3.56. The minimum Gasteiger partial charge on any atom is -0.313 e. The van der Waals surface area contributed by atoms with Crippen molar-refractivity contribution in [3.8, 4) is 0 Å². The van der Waals surface area contributed by atoms with Gasteiger partial charge in [-0.25, -0.2) is 12.8 Å². The average Bonchev–Trinajstić information content (AvgIpc) is 2.42. The highest BCUT2D eigenvalue weighted by Gasteiger charge is 2.26. The maximum absolute atomic E-state index is 13.7. The van der Waals surface area contributed by atoms with Crippen LogP contribution in [0.25, 0.3) is 0 Å². The molecule has 0 spiro atoms. The quantitative estimate of drug-likeness (QED) is 0.803. The van der Waals surface area contributed by atoms with E-state index >= 15 is 0 Å². The highest BCUT2D eigenvalue weighted by Crippen LogP contribution is 2.19. The number of benzene rings is 1. The second kappa shape index (κ2) is 7.74. The molecule has 0 saturated carbocycles. The Hall–Kier alpha value is -0.940. The van der Waals surface area contributed by atoms with Crippen LogP contribution in [0.5, 0.6) is 0 Å². The first-order valence-corrected chi connectivity index (χ1v) is 8.78. The number of hydrogen-bond donors (Lipinski definition) is 1. The van der Waals surface area contributed by atoms with Crippen LogP contribution in [0.2, 0.25) is 0 Å². The summed E-state index contributed by atoms with van der Waals surface area (Å²) >= 11 is 0. The van der Waals surface area contributed by atoms with E-state index in [0.29, 0.717) is 0 Å². The second-order valence-corrected chi connectivity index (χ2v) is 7.16. The van der Waals surface area contributed by atoms with Crippen LogP contribution in [-0.4, -0.2) is 26.8 Å². The van der Waals surface area contributed by atoms with E-state index < -0.39 is 15.7 Å². The van der Waals surface area contributed by atoms with E-state index in [1.54, 1.807) is 6.07 Å². The highest BCUT2D eigenvalue weighted by molar-refractivity contribution is 7.91. The lowest BCUT2D eigenvalue weighted by Gasteiger charge is -2.24. The zero-order valence-corrected chi connectivity index (χ0v) is 13.2. The molecule has 0 radical (unpaired) electrons. The molecule has 3 nitrogen and oxygen atoms in total. The van der Waals surface area contributed by atoms with E-state index in [2.05, 4.69) is 5.32 Å². The predicted octanol–water partition coefficient (Wildman–Crippen LogP) is 3.01. The lowest BCUT2D eigenvalue weighted by Crippen LogP contribution is -2.41. The Morgan fingerprint density at radius 1 is 1.25 bits per heavy atom. The van der Waals surface area contributed by atoms with Crippen molar-refractivity contribution in [2.45, 2.75) is 44.6 Å². The lowest BCUT2D eigenvalue weighted by atomic mass is 10.0. The molecule has 0 saturated heterocycles. The summed E-state index contributed by atoms with van der Waals surface area (Å²) in [6.45, 7) is 6.85. The second-order valence-electron chi connectivity index (χ2n) is 5.16. The molecular weight excluding hydrogens is 277 g/mol. The molecule has 1 rings (SSSR count). The maximum atomic E-state index is 13.7. The molecule has 0 bridgehead atoms. The molecule has 1 N–H and O–H groups in total. The van der Waals surface area contributed by atoms with Crippen molar-refractivity contribution in [2.24, 2.45) is 5.92 Å². The van der Waals surface area contributed by atoms with Gasteiger partial charge in [-0.2, -0.15) is 0 Å². The fraction of sp³-hybridized carbons (Fsp3) is 0.600. The Morgan fingerprint density at radius 3 is 2.45 bits per heavy atom. The van der Waals surface area contributed by atoms with Gasteiger partial charge in [0.15, 0.2) is 9.84 Å². The highest BCUT2D eigenvalue weighted by atomic mass is 32.2. The van der Waals surface area contributed by atoms with Crippen LogP contribution >= 0.6 is 0 Å². The van der Waals surface area contributed by atoms with Crippen LogP contribution in [0.4, 0.5) is 4.39 Å². The van der Waals surface area contributed by atoms with Gasteiger partial charge in [0.25, 0.3) is 0 Å². The minimum atomic E-state index is -3.61. The van der Waals surface area contributed by atoms with Crippen LogP contribution in [0.15, 0.2) is 29.2 Å². The van der Waals surface area contributed by atoms with Gasteiger partial charge in [0.1, 0.15) is 10.7 Å². The largest absolute Gasteiger partial charge is 0.313 e. The van der Waals surface area contributed by atoms with Gasteiger partial charge in [-0.1, -0.05) is 39.3 Å². The summed E-state index contributed by atoms with van der Waals surface area (Å²) in [6.07, 6.45) is 1.82. The van der Waals surface area contributed by atoms with Crippen molar-refractivity contribution < 1.29 is 12.8 Å². The number of rotatable bonds is 8. The van der Waals surface area contributed by atoms with Crippen LogP contribution < -0.4 is 5.32 Å². The molecule has 0 aromatic heterocycles. The van der Waals surface area contributed by atoms with Crippen LogP contribution in [0.1, 0.15) is 33.6 Å². The summed E-state index contributed by atoms with van der Waals surface area (Å²) in [5.74, 6) is -0.517. The molecule has 0 heterocycles. The molecule has 2 atom stereocenters. The van der Waals surface area contributed by atoms with Crippen molar-refractivity contribution in [3.63, 3.8) is 0 Å². The van der Waals surface area contributed by atoms with Crippen molar-refractivity contribution in [3.05, 3.63) is 30.1 Å². The number of halogens is 1. The number of sulfone groups is 1. The van der Waals surface area contributed by atoms with Crippen LogP contribution in [0, 0.1) is 11.7 Å². The fourth-order valence-corrected chi connectivity index (χ4v) is 3.81. The normalized spacial score (nSPS) is 15.0. The molecule has 0 aliphatic rings. The van der Waals surface area contributed by atoms with Gasteiger partial charge in [-0.15, -0.1) is 0 Å². The van der Waals surface area contributed by atoms with Crippen LogP contribution in [0.3, 0.4) is 0 Å². The number of hydrogen-bond acceptors (Lipinski definition) is 3. The van der Waals surface area contributed by atoms with Gasteiger partial charge in [0.05, 0.1) is 5.75 Å². The van der Waals surface area contributed by atoms with E-state index in [0.717, 1.165) is 19.4 Å². The van der Waals surface area contributed by atoms with Gasteiger partial charge in [-0.3, -0.25) is 0 Å². The smallest absolute Gasteiger partial charge is 0.182 e. The molecular formula is C15H24FNO2S. The first-order chi connectivity index (χ1) is 9.42. The zero-order valence-electron chi connectivity index (χ0n) is 12.4. The van der Waals surface area contributed by atoms with Gasteiger partial charge in [-0.05, 0) is 31.0 Å². The van der Waals surface area contributed by atoms with E-state index in [-0.39, 0.29) is 22.6 Å². The minimum absolute atomic E-state index is 0.0665. The molecule has 114 valence electrons. The first-order valence-electron chi connectivity index (χ1n) is 7.13. The molecule has 2 unspecified atom stereocenters. The third-order valence-corrected chi connectivity index (χ3v) is 5.36. The molecule has 0 amide bonds. The van der Waals surface area contributed by atoms with E-state index in [1.807, 2.05) is 20.8 Å². The third kappa shape index (κ3) is 4.56. The summed E-state index contributed by atoms with van der Waals surface area (Å²) in [6, 6.07) is 5.41. The molecule has 1 aromatic rings.